The summed E-state index contributed by atoms with van der Waals surface area (Å²) in [5.74, 6) is 1.72. The molecule has 0 unspecified atom stereocenters. The Morgan fingerprint density at radius 1 is 1.35 bits per heavy atom. The van der Waals surface area contributed by atoms with Crippen LogP contribution in [0.2, 0.25) is 0 Å². The van der Waals surface area contributed by atoms with E-state index in [0.29, 0.717) is 18.3 Å². The predicted octanol–water partition coefficient (Wildman–Crippen LogP) is 1.50. The van der Waals surface area contributed by atoms with E-state index >= 15 is 0 Å². The third-order valence-electron chi connectivity index (χ3n) is 3.57. The van der Waals surface area contributed by atoms with Crippen LogP contribution in [0.4, 0.5) is 13.2 Å². The van der Waals surface area contributed by atoms with Crippen molar-refractivity contribution in [1.82, 2.24) is 19.7 Å². The standard InChI is InChI=1S/C12H20F3N5/c1-3-20-10(6-19(2)7-12(13,14)15)17-18-11(20)8-4-9(16)5-8/h8-9H,3-7,16H2,1-2H3. The molecule has 1 heterocycles. The molecular formula is C12H20F3N5. The molecule has 0 radical (unpaired) electrons. The van der Waals surface area contributed by atoms with Gasteiger partial charge in [0.1, 0.15) is 11.6 Å². The van der Waals surface area contributed by atoms with Crippen molar-refractivity contribution in [3.05, 3.63) is 11.6 Å². The Balaban J connectivity index is 2.05. The first-order chi connectivity index (χ1) is 9.30. The van der Waals surface area contributed by atoms with E-state index in [0.717, 1.165) is 18.7 Å². The van der Waals surface area contributed by atoms with Crippen LogP contribution in [0.1, 0.15) is 37.3 Å². The van der Waals surface area contributed by atoms with E-state index in [1.165, 1.54) is 11.9 Å². The largest absolute Gasteiger partial charge is 0.401 e. The number of hydrogen-bond donors (Lipinski definition) is 1. The number of rotatable bonds is 5. The predicted molar refractivity (Wildman–Crippen MR) is 68.0 cm³/mol. The number of nitrogens with zero attached hydrogens (tertiary/aromatic N) is 4. The molecule has 0 spiro atoms. The third-order valence-corrected chi connectivity index (χ3v) is 3.57. The first-order valence-electron chi connectivity index (χ1n) is 6.73. The summed E-state index contributed by atoms with van der Waals surface area (Å²) in [6.45, 7) is 1.79. The molecule has 8 heteroatoms. The molecule has 0 atom stereocenters. The maximum Gasteiger partial charge on any atom is 0.401 e. The fourth-order valence-electron chi connectivity index (χ4n) is 2.59. The SMILES string of the molecule is CCn1c(CN(C)CC(F)(F)F)nnc1C1CC(N)C1. The number of alkyl halides is 3. The van der Waals surface area contributed by atoms with Gasteiger partial charge < -0.3 is 10.3 Å². The summed E-state index contributed by atoms with van der Waals surface area (Å²) >= 11 is 0. The second-order valence-corrected chi connectivity index (χ2v) is 5.43. The van der Waals surface area contributed by atoms with Gasteiger partial charge in [0.15, 0.2) is 0 Å². The van der Waals surface area contributed by atoms with Gasteiger partial charge in [-0.3, -0.25) is 4.90 Å². The van der Waals surface area contributed by atoms with Gasteiger partial charge in [0.05, 0.1) is 13.1 Å². The normalized spacial score (nSPS) is 23.1. The van der Waals surface area contributed by atoms with Crippen LogP contribution in [0.25, 0.3) is 0 Å². The second kappa shape index (κ2) is 5.69. The van der Waals surface area contributed by atoms with Crippen molar-refractivity contribution in [2.75, 3.05) is 13.6 Å². The molecule has 2 N–H and O–H groups in total. The van der Waals surface area contributed by atoms with E-state index in [1.54, 1.807) is 0 Å². The Bertz CT molecular complexity index is 450. The molecule has 0 saturated heterocycles. The monoisotopic (exact) mass is 291 g/mol. The molecule has 1 fully saturated rings. The van der Waals surface area contributed by atoms with E-state index < -0.39 is 12.7 Å². The zero-order valence-corrected chi connectivity index (χ0v) is 11.7. The summed E-state index contributed by atoms with van der Waals surface area (Å²) in [4.78, 5) is 1.20. The van der Waals surface area contributed by atoms with E-state index in [2.05, 4.69) is 10.2 Å². The number of hydrogen-bond acceptors (Lipinski definition) is 4. The lowest BCUT2D eigenvalue weighted by molar-refractivity contribution is -0.144. The van der Waals surface area contributed by atoms with Crippen LogP contribution in [0.5, 0.6) is 0 Å². The third kappa shape index (κ3) is 3.49. The smallest absolute Gasteiger partial charge is 0.328 e. The van der Waals surface area contributed by atoms with Crippen LogP contribution >= 0.6 is 0 Å². The summed E-state index contributed by atoms with van der Waals surface area (Å²) in [6, 6.07) is 0.207. The highest BCUT2D eigenvalue weighted by molar-refractivity contribution is 5.08. The van der Waals surface area contributed by atoms with Crippen molar-refractivity contribution in [2.24, 2.45) is 5.73 Å². The minimum atomic E-state index is -4.20. The van der Waals surface area contributed by atoms with Crippen molar-refractivity contribution in [3.63, 3.8) is 0 Å². The van der Waals surface area contributed by atoms with Gasteiger partial charge in [-0.25, -0.2) is 0 Å². The van der Waals surface area contributed by atoms with Crippen LogP contribution in [0.3, 0.4) is 0 Å². The summed E-state index contributed by atoms with van der Waals surface area (Å²) in [6.07, 6.45) is -2.46. The highest BCUT2D eigenvalue weighted by Crippen LogP contribution is 2.34. The van der Waals surface area contributed by atoms with E-state index in [9.17, 15) is 13.2 Å². The molecule has 0 aliphatic heterocycles. The van der Waals surface area contributed by atoms with Crippen LogP contribution in [0, 0.1) is 0 Å². The minimum absolute atomic E-state index is 0.138. The van der Waals surface area contributed by atoms with Gasteiger partial charge >= 0.3 is 6.18 Å². The van der Waals surface area contributed by atoms with Gasteiger partial charge in [-0.05, 0) is 26.8 Å². The Hall–Kier alpha value is -1.15. The first-order valence-corrected chi connectivity index (χ1v) is 6.73. The van der Waals surface area contributed by atoms with Crippen LogP contribution < -0.4 is 5.73 Å². The molecule has 20 heavy (non-hydrogen) atoms. The van der Waals surface area contributed by atoms with Crippen molar-refractivity contribution >= 4 is 0 Å². The lowest BCUT2D eigenvalue weighted by atomic mass is 9.80. The van der Waals surface area contributed by atoms with Gasteiger partial charge in [0.25, 0.3) is 0 Å². The summed E-state index contributed by atoms with van der Waals surface area (Å²) in [5.41, 5.74) is 5.76. The average molecular weight is 291 g/mol. The van der Waals surface area contributed by atoms with Gasteiger partial charge in [-0.1, -0.05) is 0 Å². The quantitative estimate of drug-likeness (QED) is 0.893. The van der Waals surface area contributed by atoms with Gasteiger partial charge in [0, 0.05) is 18.5 Å². The lowest BCUT2D eigenvalue weighted by Gasteiger charge is -2.31. The van der Waals surface area contributed by atoms with Crippen molar-refractivity contribution in [3.8, 4) is 0 Å². The molecule has 0 aromatic carbocycles. The Labute approximate surface area is 115 Å². The Morgan fingerprint density at radius 3 is 2.50 bits per heavy atom. The molecule has 5 nitrogen and oxygen atoms in total. The second-order valence-electron chi connectivity index (χ2n) is 5.43. The lowest BCUT2D eigenvalue weighted by Crippen LogP contribution is -2.36. The number of aromatic nitrogens is 3. The molecule has 1 aromatic heterocycles. The molecule has 0 bridgehead atoms. The van der Waals surface area contributed by atoms with Crippen LogP contribution in [0.15, 0.2) is 0 Å². The van der Waals surface area contributed by atoms with Gasteiger partial charge in [0.2, 0.25) is 0 Å². The maximum absolute atomic E-state index is 12.3. The topological polar surface area (TPSA) is 60.0 Å². The average Bonchev–Trinajstić information content (AvgIpc) is 2.64. The molecule has 1 saturated carbocycles. The maximum atomic E-state index is 12.3. The summed E-state index contributed by atoms with van der Waals surface area (Å²) in [7, 11) is 1.43. The van der Waals surface area contributed by atoms with Gasteiger partial charge in [-0.2, -0.15) is 13.2 Å². The summed E-state index contributed by atoms with van der Waals surface area (Å²) in [5, 5.41) is 8.19. The van der Waals surface area contributed by atoms with Crippen LogP contribution in [-0.2, 0) is 13.1 Å². The molecule has 0 amide bonds. The highest BCUT2D eigenvalue weighted by Gasteiger charge is 2.33. The molecular weight excluding hydrogens is 271 g/mol. The van der Waals surface area contributed by atoms with E-state index in [4.69, 9.17) is 5.73 Å². The zero-order chi connectivity index (χ0) is 14.9. The Morgan fingerprint density at radius 2 is 2.00 bits per heavy atom. The molecule has 1 aliphatic carbocycles. The fraction of sp³-hybridized carbons (Fsp3) is 0.833. The number of nitrogens with two attached hydrogens (primary N) is 1. The van der Waals surface area contributed by atoms with E-state index in [1.807, 2.05) is 11.5 Å². The van der Waals surface area contributed by atoms with E-state index in [-0.39, 0.29) is 12.6 Å². The van der Waals surface area contributed by atoms with Gasteiger partial charge in [-0.15, -0.1) is 10.2 Å². The van der Waals surface area contributed by atoms with Crippen molar-refractivity contribution < 1.29 is 13.2 Å². The van der Waals surface area contributed by atoms with Crippen molar-refractivity contribution in [1.29, 1.82) is 0 Å². The fourth-order valence-corrected chi connectivity index (χ4v) is 2.59. The zero-order valence-electron chi connectivity index (χ0n) is 11.7. The molecule has 1 aromatic rings. The molecule has 2 rings (SSSR count). The molecule has 114 valence electrons. The highest BCUT2D eigenvalue weighted by atomic mass is 19.4. The Kier molecular flexibility index (Phi) is 4.33. The number of halogens is 3. The van der Waals surface area contributed by atoms with Crippen molar-refractivity contribution in [2.45, 2.75) is 51.0 Å². The minimum Gasteiger partial charge on any atom is -0.328 e. The molecule has 1 aliphatic rings. The van der Waals surface area contributed by atoms with Crippen LogP contribution in [-0.4, -0.2) is 45.5 Å². The summed E-state index contributed by atoms with van der Waals surface area (Å²) < 4.78 is 38.9. The first kappa shape index (κ1) is 15.2.